The molecule has 2 rings (SSSR count). The van der Waals surface area contributed by atoms with Crippen LogP contribution in [-0.4, -0.2) is 24.6 Å². The molecule has 0 amide bonds. The summed E-state index contributed by atoms with van der Waals surface area (Å²) in [5.41, 5.74) is 1.76. The highest BCUT2D eigenvalue weighted by Crippen LogP contribution is 2.22. The van der Waals surface area contributed by atoms with Crippen LogP contribution in [0.4, 0.5) is 8.78 Å². The largest absolute Gasteiger partial charge is 0.472 e. The summed E-state index contributed by atoms with van der Waals surface area (Å²) in [6.45, 7) is 5.18. The quantitative estimate of drug-likeness (QED) is 0.847. The fourth-order valence-electron chi connectivity index (χ4n) is 2.08. The number of hydrogen-bond acceptors (Lipinski definition) is 3. The zero-order valence-electron chi connectivity index (χ0n) is 12.3. The second-order valence-corrected chi connectivity index (χ2v) is 5.36. The van der Waals surface area contributed by atoms with E-state index in [9.17, 15) is 8.78 Å². The first-order chi connectivity index (χ1) is 10.1. The Morgan fingerprint density at radius 2 is 2.00 bits per heavy atom. The minimum absolute atomic E-state index is 0.246. The van der Waals surface area contributed by atoms with Crippen LogP contribution in [0, 0.1) is 5.92 Å². The second kappa shape index (κ2) is 7.31. The molecule has 1 aromatic heterocycles. The molecule has 0 fully saturated rings. The molecule has 2 aromatic rings. The Hall–Kier alpha value is -1.75. The molecule has 0 spiro atoms. The fraction of sp³-hybridized carbons (Fsp3) is 0.438. The maximum Gasteiger partial charge on any atom is 0.272 e. The number of para-hydroxylation sites is 1. The number of ether oxygens (including phenoxy) is 1. The highest BCUT2D eigenvalue weighted by molar-refractivity contribution is 5.82. The topological polar surface area (TPSA) is 34.1 Å². The number of pyridine rings is 1. The molecule has 5 heteroatoms. The van der Waals surface area contributed by atoms with Gasteiger partial charge in [-0.05, 0) is 24.1 Å². The summed E-state index contributed by atoms with van der Waals surface area (Å²) in [5, 5.41) is 4.37. The van der Waals surface area contributed by atoms with E-state index in [0.717, 1.165) is 23.0 Å². The van der Waals surface area contributed by atoms with Crippen LogP contribution in [0.3, 0.4) is 0 Å². The molecular weight excluding hydrogens is 274 g/mol. The maximum absolute atomic E-state index is 12.3. The van der Waals surface area contributed by atoms with Crippen LogP contribution in [0.1, 0.15) is 19.4 Å². The van der Waals surface area contributed by atoms with Gasteiger partial charge in [-0.3, -0.25) is 0 Å². The fourth-order valence-corrected chi connectivity index (χ4v) is 2.08. The van der Waals surface area contributed by atoms with E-state index in [-0.39, 0.29) is 5.88 Å². The number of benzene rings is 1. The van der Waals surface area contributed by atoms with E-state index in [2.05, 4.69) is 24.1 Å². The molecule has 1 N–H and O–H groups in total. The molecule has 0 saturated carbocycles. The number of fused-ring (bicyclic) bond motifs is 1. The average Bonchev–Trinajstić information content (AvgIpc) is 2.44. The SMILES string of the molecule is CC(C)CNCc1cc(OCC(F)F)nc2ccccc12. The molecule has 0 bridgehead atoms. The van der Waals surface area contributed by atoms with Crippen molar-refractivity contribution in [1.29, 1.82) is 0 Å². The molecule has 0 aliphatic rings. The van der Waals surface area contributed by atoms with E-state index in [0.29, 0.717) is 12.5 Å². The van der Waals surface area contributed by atoms with Crippen LogP contribution in [0.5, 0.6) is 5.88 Å². The van der Waals surface area contributed by atoms with Gasteiger partial charge in [0.2, 0.25) is 5.88 Å². The van der Waals surface area contributed by atoms with Crippen molar-refractivity contribution in [3.8, 4) is 5.88 Å². The molecule has 0 radical (unpaired) electrons. The lowest BCUT2D eigenvalue weighted by Gasteiger charge is -2.12. The van der Waals surface area contributed by atoms with E-state index >= 15 is 0 Å². The molecule has 21 heavy (non-hydrogen) atoms. The summed E-state index contributed by atoms with van der Waals surface area (Å²) < 4.78 is 29.6. The summed E-state index contributed by atoms with van der Waals surface area (Å²) in [7, 11) is 0. The Morgan fingerprint density at radius 3 is 2.71 bits per heavy atom. The predicted octanol–water partition coefficient (Wildman–Crippen LogP) is 3.62. The van der Waals surface area contributed by atoms with Gasteiger partial charge >= 0.3 is 0 Å². The van der Waals surface area contributed by atoms with Crippen LogP contribution in [0.25, 0.3) is 10.9 Å². The number of halogens is 2. The number of alkyl halides is 2. The first-order valence-electron chi connectivity index (χ1n) is 7.06. The summed E-state index contributed by atoms with van der Waals surface area (Å²) >= 11 is 0. The Bertz CT molecular complexity index is 587. The lowest BCUT2D eigenvalue weighted by Crippen LogP contribution is -2.19. The van der Waals surface area contributed by atoms with Gasteiger partial charge in [0.1, 0.15) is 0 Å². The van der Waals surface area contributed by atoms with Crippen molar-refractivity contribution in [2.75, 3.05) is 13.2 Å². The van der Waals surface area contributed by atoms with Crippen molar-refractivity contribution >= 4 is 10.9 Å². The van der Waals surface area contributed by atoms with Gasteiger partial charge in [-0.15, -0.1) is 0 Å². The first kappa shape index (κ1) is 15.6. The highest BCUT2D eigenvalue weighted by Gasteiger charge is 2.09. The molecule has 0 atom stereocenters. The zero-order valence-corrected chi connectivity index (χ0v) is 12.3. The Kier molecular flexibility index (Phi) is 5.44. The summed E-state index contributed by atoms with van der Waals surface area (Å²) in [6, 6.07) is 9.38. The van der Waals surface area contributed by atoms with Gasteiger partial charge in [-0.2, -0.15) is 0 Å². The van der Waals surface area contributed by atoms with E-state index in [1.54, 1.807) is 6.07 Å². The van der Waals surface area contributed by atoms with Crippen molar-refractivity contribution in [3.63, 3.8) is 0 Å². The Balaban J connectivity index is 2.22. The third-order valence-electron chi connectivity index (χ3n) is 3.00. The number of aromatic nitrogens is 1. The Morgan fingerprint density at radius 1 is 1.24 bits per heavy atom. The Labute approximate surface area is 123 Å². The molecule has 0 saturated heterocycles. The van der Waals surface area contributed by atoms with E-state index in [4.69, 9.17) is 4.74 Å². The van der Waals surface area contributed by atoms with E-state index in [1.165, 1.54) is 0 Å². The molecule has 0 aliphatic carbocycles. The van der Waals surface area contributed by atoms with E-state index in [1.807, 2.05) is 24.3 Å². The zero-order chi connectivity index (χ0) is 15.2. The standard InChI is InChI=1S/C16H20F2N2O/c1-11(2)8-19-9-12-7-16(21-10-15(17)18)20-14-6-4-3-5-13(12)14/h3-7,11,15,19H,8-10H2,1-2H3. The van der Waals surface area contributed by atoms with Crippen LogP contribution in [0.15, 0.2) is 30.3 Å². The highest BCUT2D eigenvalue weighted by atomic mass is 19.3. The number of hydrogen-bond donors (Lipinski definition) is 1. The third-order valence-corrected chi connectivity index (χ3v) is 3.00. The van der Waals surface area contributed by atoms with Gasteiger partial charge in [-0.1, -0.05) is 32.0 Å². The van der Waals surface area contributed by atoms with E-state index < -0.39 is 13.0 Å². The van der Waals surface area contributed by atoms with Crippen molar-refractivity contribution in [1.82, 2.24) is 10.3 Å². The summed E-state index contributed by atoms with van der Waals surface area (Å²) in [5.74, 6) is 0.794. The van der Waals surface area contributed by atoms with Crippen LogP contribution in [-0.2, 0) is 6.54 Å². The number of nitrogens with zero attached hydrogens (tertiary/aromatic N) is 1. The monoisotopic (exact) mass is 294 g/mol. The second-order valence-electron chi connectivity index (χ2n) is 5.36. The number of nitrogens with one attached hydrogen (secondary N) is 1. The minimum Gasteiger partial charge on any atom is -0.472 e. The molecular formula is C16H20F2N2O. The molecule has 1 aromatic carbocycles. The lowest BCUT2D eigenvalue weighted by atomic mass is 10.1. The summed E-state index contributed by atoms with van der Waals surface area (Å²) in [6.07, 6.45) is -2.50. The summed E-state index contributed by atoms with van der Waals surface area (Å²) in [4.78, 5) is 4.27. The molecule has 0 unspecified atom stereocenters. The van der Waals surface area contributed by atoms with Crippen molar-refractivity contribution in [2.24, 2.45) is 5.92 Å². The van der Waals surface area contributed by atoms with Crippen LogP contribution < -0.4 is 10.1 Å². The third kappa shape index (κ3) is 4.63. The smallest absolute Gasteiger partial charge is 0.272 e. The first-order valence-corrected chi connectivity index (χ1v) is 7.06. The molecule has 3 nitrogen and oxygen atoms in total. The maximum atomic E-state index is 12.3. The van der Waals surface area contributed by atoms with Gasteiger partial charge in [0.05, 0.1) is 5.52 Å². The number of rotatable bonds is 7. The normalized spacial score (nSPS) is 11.5. The van der Waals surface area contributed by atoms with Crippen molar-refractivity contribution in [2.45, 2.75) is 26.8 Å². The van der Waals surface area contributed by atoms with Gasteiger partial charge in [0.15, 0.2) is 6.61 Å². The van der Waals surface area contributed by atoms with Gasteiger partial charge in [0.25, 0.3) is 6.43 Å². The predicted molar refractivity (Wildman–Crippen MR) is 79.8 cm³/mol. The molecule has 114 valence electrons. The van der Waals surface area contributed by atoms with Crippen LogP contribution >= 0.6 is 0 Å². The van der Waals surface area contributed by atoms with Crippen molar-refractivity contribution < 1.29 is 13.5 Å². The average molecular weight is 294 g/mol. The van der Waals surface area contributed by atoms with Gasteiger partial charge < -0.3 is 10.1 Å². The van der Waals surface area contributed by atoms with Gasteiger partial charge in [0, 0.05) is 18.0 Å². The van der Waals surface area contributed by atoms with Crippen LogP contribution in [0.2, 0.25) is 0 Å². The molecule has 1 heterocycles. The van der Waals surface area contributed by atoms with Crippen molar-refractivity contribution in [3.05, 3.63) is 35.9 Å². The molecule has 0 aliphatic heterocycles. The minimum atomic E-state index is -2.50. The van der Waals surface area contributed by atoms with Gasteiger partial charge in [-0.25, -0.2) is 13.8 Å². The lowest BCUT2D eigenvalue weighted by molar-refractivity contribution is 0.0797.